The van der Waals surface area contributed by atoms with Crippen LogP contribution in [0.3, 0.4) is 0 Å². The smallest absolute Gasteiger partial charge is 0.220 e. The third-order valence-electron chi connectivity index (χ3n) is 10.0. The highest BCUT2D eigenvalue weighted by Gasteiger charge is 2.17. The van der Waals surface area contributed by atoms with E-state index in [1.165, 1.54) is 103 Å². The molecule has 0 aromatic heterocycles. The SMILES string of the molecule is CC/C=C\C/C=C\C/C=C\C/C=C\C/C=C\CCCCCC(=O)NC(CO)C(O)/C=C/CC/C=C/CC/C=C/CCCCCCCCCCCCCCCCC. The molecule has 0 spiro atoms. The van der Waals surface area contributed by atoms with E-state index in [0.717, 1.165) is 83.5 Å². The Kier molecular flexibility index (Phi) is 44.4. The van der Waals surface area contributed by atoms with Crippen LogP contribution in [-0.4, -0.2) is 34.9 Å². The van der Waals surface area contributed by atoms with Gasteiger partial charge in [0.15, 0.2) is 0 Å². The third kappa shape index (κ3) is 42.5. The van der Waals surface area contributed by atoms with Crippen LogP contribution < -0.4 is 5.32 Å². The van der Waals surface area contributed by atoms with Crippen LogP contribution in [0.4, 0.5) is 0 Å². The summed E-state index contributed by atoms with van der Waals surface area (Å²) in [6.07, 6.45) is 69.6. The molecule has 0 rings (SSSR count). The van der Waals surface area contributed by atoms with Crippen LogP contribution in [-0.2, 0) is 4.79 Å². The highest BCUT2D eigenvalue weighted by molar-refractivity contribution is 5.76. The monoisotopic (exact) mass is 776 g/mol. The first-order chi connectivity index (χ1) is 27.7. The van der Waals surface area contributed by atoms with Crippen molar-refractivity contribution in [1.29, 1.82) is 0 Å². The summed E-state index contributed by atoms with van der Waals surface area (Å²) in [5.41, 5.74) is 0. The normalized spacial score (nSPS) is 13.9. The van der Waals surface area contributed by atoms with Crippen molar-refractivity contribution in [2.75, 3.05) is 6.61 Å². The molecule has 1 amide bonds. The summed E-state index contributed by atoms with van der Waals surface area (Å²) in [6.45, 7) is 4.16. The Morgan fingerprint density at radius 3 is 1.25 bits per heavy atom. The van der Waals surface area contributed by atoms with Crippen LogP contribution in [0, 0.1) is 0 Å². The van der Waals surface area contributed by atoms with Crippen molar-refractivity contribution in [2.45, 2.75) is 219 Å². The van der Waals surface area contributed by atoms with Crippen molar-refractivity contribution in [3.8, 4) is 0 Å². The van der Waals surface area contributed by atoms with Gasteiger partial charge in [-0.2, -0.15) is 0 Å². The lowest BCUT2D eigenvalue weighted by atomic mass is 10.0. The first-order valence-electron chi connectivity index (χ1n) is 23.5. The van der Waals surface area contributed by atoms with Crippen molar-refractivity contribution in [2.24, 2.45) is 0 Å². The number of aliphatic hydroxyl groups excluding tert-OH is 2. The average molecular weight is 776 g/mol. The molecule has 4 nitrogen and oxygen atoms in total. The second-order valence-corrected chi connectivity index (χ2v) is 15.4. The minimum atomic E-state index is -0.891. The van der Waals surface area contributed by atoms with Gasteiger partial charge in [0.25, 0.3) is 0 Å². The predicted molar refractivity (Wildman–Crippen MR) is 248 cm³/mol. The van der Waals surface area contributed by atoms with Crippen molar-refractivity contribution >= 4 is 5.91 Å². The number of allylic oxidation sites excluding steroid dienone is 15. The molecule has 0 aliphatic heterocycles. The van der Waals surface area contributed by atoms with Gasteiger partial charge in [-0.05, 0) is 89.9 Å². The summed E-state index contributed by atoms with van der Waals surface area (Å²) in [5, 5.41) is 23.0. The molecule has 0 saturated heterocycles. The molecule has 0 fully saturated rings. The van der Waals surface area contributed by atoms with E-state index in [2.05, 4.69) is 104 Å². The molecular formula is C52H89NO3. The number of amides is 1. The van der Waals surface area contributed by atoms with Crippen molar-refractivity contribution in [3.05, 3.63) is 97.2 Å². The van der Waals surface area contributed by atoms with E-state index in [0.29, 0.717) is 6.42 Å². The number of unbranched alkanes of at least 4 members (excludes halogenated alkanes) is 20. The van der Waals surface area contributed by atoms with Crippen LogP contribution in [0.2, 0.25) is 0 Å². The molecule has 3 N–H and O–H groups in total. The molecule has 2 unspecified atom stereocenters. The van der Waals surface area contributed by atoms with Gasteiger partial charge in [-0.3, -0.25) is 4.79 Å². The highest BCUT2D eigenvalue weighted by Crippen LogP contribution is 2.14. The maximum Gasteiger partial charge on any atom is 0.220 e. The molecule has 0 heterocycles. The zero-order chi connectivity index (χ0) is 40.7. The molecule has 0 aliphatic rings. The first-order valence-corrected chi connectivity index (χ1v) is 23.5. The van der Waals surface area contributed by atoms with Crippen LogP contribution in [0.5, 0.6) is 0 Å². The van der Waals surface area contributed by atoms with E-state index >= 15 is 0 Å². The van der Waals surface area contributed by atoms with Gasteiger partial charge in [0, 0.05) is 6.42 Å². The Morgan fingerprint density at radius 1 is 0.446 bits per heavy atom. The maximum atomic E-state index is 12.4. The summed E-state index contributed by atoms with van der Waals surface area (Å²) >= 11 is 0. The summed E-state index contributed by atoms with van der Waals surface area (Å²) in [5.74, 6) is -0.113. The van der Waals surface area contributed by atoms with Crippen molar-refractivity contribution < 1.29 is 15.0 Å². The van der Waals surface area contributed by atoms with E-state index in [1.54, 1.807) is 6.08 Å². The molecule has 320 valence electrons. The van der Waals surface area contributed by atoms with Crippen LogP contribution >= 0.6 is 0 Å². The van der Waals surface area contributed by atoms with Gasteiger partial charge < -0.3 is 15.5 Å². The van der Waals surface area contributed by atoms with E-state index < -0.39 is 12.1 Å². The van der Waals surface area contributed by atoms with Crippen LogP contribution in [0.15, 0.2) is 97.2 Å². The van der Waals surface area contributed by atoms with Crippen LogP contribution in [0.1, 0.15) is 206 Å². The Bertz CT molecular complexity index is 1060. The molecule has 2 atom stereocenters. The highest BCUT2D eigenvalue weighted by atomic mass is 16.3. The molecule has 0 aliphatic carbocycles. The Balaban J connectivity index is 3.71. The fourth-order valence-corrected chi connectivity index (χ4v) is 6.47. The first kappa shape index (κ1) is 53.3. The Labute approximate surface area is 347 Å². The van der Waals surface area contributed by atoms with E-state index in [1.807, 2.05) is 6.08 Å². The molecule has 0 bridgehead atoms. The van der Waals surface area contributed by atoms with Gasteiger partial charge in [-0.1, -0.05) is 207 Å². The minimum Gasteiger partial charge on any atom is -0.394 e. The number of hydrogen-bond acceptors (Lipinski definition) is 3. The lowest BCUT2D eigenvalue weighted by Crippen LogP contribution is -2.45. The fourth-order valence-electron chi connectivity index (χ4n) is 6.47. The van der Waals surface area contributed by atoms with Gasteiger partial charge in [0.1, 0.15) is 0 Å². The van der Waals surface area contributed by atoms with Gasteiger partial charge in [0.2, 0.25) is 5.91 Å². The largest absolute Gasteiger partial charge is 0.394 e. The summed E-state index contributed by atoms with van der Waals surface area (Å²) in [6, 6.07) is -0.670. The number of nitrogens with one attached hydrogen (secondary N) is 1. The number of carbonyl (C=O) groups excluding carboxylic acids is 1. The fraction of sp³-hybridized carbons (Fsp3) is 0.673. The van der Waals surface area contributed by atoms with E-state index in [9.17, 15) is 15.0 Å². The third-order valence-corrected chi connectivity index (χ3v) is 10.0. The molecule has 56 heavy (non-hydrogen) atoms. The number of hydrogen-bond donors (Lipinski definition) is 3. The van der Waals surface area contributed by atoms with Crippen molar-refractivity contribution in [1.82, 2.24) is 5.32 Å². The van der Waals surface area contributed by atoms with Gasteiger partial charge >= 0.3 is 0 Å². The molecular weight excluding hydrogens is 687 g/mol. The van der Waals surface area contributed by atoms with E-state index in [-0.39, 0.29) is 12.5 Å². The zero-order valence-corrected chi connectivity index (χ0v) is 36.6. The number of rotatable bonds is 41. The molecule has 0 aromatic rings. The quantitative estimate of drug-likeness (QED) is 0.0428. The summed E-state index contributed by atoms with van der Waals surface area (Å²) < 4.78 is 0. The lowest BCUT2D eigenvalue weighted by Gasteiger charge is -2.19. The van der Waals surface area contributed by atoms with Crippen molar-refractivity contribution in [3.63, 3.8) is 0 Å². The molecule has 0 aromatic carbocycles. The standard InChI is InChI=1S/C52H89NO3/c1-3-5-7-9-11-13-15-17-19-21-23-24-25-26-27-28-30-31-33-35-37-39-41-43-45-47-51(55)50(49-54)53-52(56)48-46-44-42-40-38-36-34-32-29-22-20-18-16-14-12-10-8-6-4-2/h6,8,12,14,18,20,29-32,36-39,45,47,50-51,54-55H,3-5,7,9-11,13,15-17,19,21-28,33-35,40-44,46,48-49H2,1-2H3,(H,53,56)/b8-6-,14-12-,20-18-,31-30+,32-29-,38-36-,39-37+,47-45+. The second-order valence-electron chi connectivity index (χ2n) is 15.4. The Morgan fingerprint density at radius 2 is 0.804 bits per heavy atom. The molecule has 0 radical (unpaired) electrons. The topological polar surface area (TPSA) is 69.6 Å². The van der Waals surface area contributed by atoms with Gasteiger partial charge in [0.05, 0.1) is 18.8 Å². The van der Waals surface area contributed by atoms with Gasteiger partial charge in [-0.15, -0.1) is 0 Å². The predicted octanol–water partition coefficient (Wildman–Crippen LogP) is 15.0. The maximum absolute atomic E-state index is 12.4. The number of carbonyl (C=O) groups is 1. The van der Waals surface area contributed by atoms with E-state index in [4.69, 9.17) is 0 Å². The molecule has 4 heteroatoms. The van der Waals surface area contributed by atoms with Gasteiger partial charge in [-0.25, -0.2) is 0 Å². The zero-order valence-electron chi connectivity index (χ0n) is 36.6. The average Bonchev–Trinajstić information content (AvgIpc) is 3.20. The molecule has 0 saturated carbocycles. The summed E-state index contributed by atoms with van der Waals surface area (Å²) in [4.78, 5) is 12.4. The van der Waals surface area contributed by atoms with Crippen LogP contribution in [0.25, 0.3) is 0 Å². The lowest BCUT2D eigenvalue weighted by molar-refractivity contribution is -0.123. The second kappa shape index (κ2) is 46.7. The number of aliphatic hydroxyl groups is 2. The minimum absolute atomic E-state index is 0.113. The summed E-state index contributed by atoms with van der Waals surface area (Å²) in [7, 11) is 0. The Hall–Kier alpha value is -2.69.